The van der Waals surface area contributed by atoms with Gasteiger partial charge in [0.05, 0.1) is 28.5 Å². The number of amides is 1. The van der Waals surface area contributed by atoms with Gasteiger partial charge in [0, 0.05) is 15.7 Å². The Labute approximate surface area is 193 Å². The van der Waals surface area contributed by atoms with Gasteiger partial charge in [0.25, 0.3) is 5.91 Å². The second-order valence-electron chi connectivity index (χ2n) is 6.50. The monoisotopic (exact) mass is 526 g/mol. The number of sulfonamides is 1. The average molecular weight is 528 g/mol. The minimum atomic E-state index is -3.62. The van der Waals surface area contributed by atoms with Crippen molar-refractivity contribution in [1.29, 1.82) is 0 Å². The van der Waals surface area contributed by atoms with Gasteiger partial charge in [0.2, 0.25) is 10.0 Å². The Bertz CT molecular complexity index is 1170. The molecule has 0 fully saturated rings. The maximum Gasteiger partial charge on any atom is 0.255 e. The third-order valence-electron chi connectivity index (χ3n) is 4.24. The second-order valence-corrected chi connectivity index (χ2v) is 10.1. The smallest absolute Gasteiger partial charge is 0.255 e. The van der Waals surface area contributed by atoms with Crippen molar-refractivity contribution in [3.05, 3.63) is 92.4 Å². The number of hydrogen-bond acceptors (Lipinski definition) is 3. The summed E-state index contributed by atoms with van der Waals surface area (Å²) in [6.07, 6.45) is 1.10. The largest absolute Gasteiger partial charge is 0.322 e. The molecule has 0 aliphatic heterocycles. The molecule has 3 aromatic carbocycles. The lowest BCUT2D eigenvalue weighted by Crippen LogP contribution is -2.29. The molecule has 0 aromatic heterocycles. The summed E-state index contributed by atoms with van der Waals surface area (Å²) >= 11 is 15.6. The summed E-state index contributed by atoms with van der Waals surface area (Å²) < 4.78 is 26.8. The molecule has 3 aromatic rings. The molecule has 1 amide bonds. The van der Waals surface area contributed by atoms with Crippen LogP contribution in [0.25, 0.3) is 0 Å². The molecule has 5 nitrogen and oxygen atoms in total. The van der Waals surface area contributed by atoms with Gasteiger partial charge in [-0.3, -0.25) is 9.10 Å². The van der Waals surface area contributed by atoms with Gasteiger partial charge < -0.3 is 5.32 Å². The lowest BCUT2D eigenvalue weighted by atomic mass is 10.1. The van der Waals surface area contributed by atoms with Crippen molar-refractivity contribution in [2.24, 2.45) is 0 Å². The highest BCUT2D eigenvalue weighted by atomic mass is 79.9. The molecular formula is C21H17BrCl2N2O3S. The molecule has 0 saturated carbocycles. The molecule has 0 saturated heterocycles. The van der Waals surface area contributed by atoms with E-state index < -0.39 is 10.0 Å². The van der Waals surface area contributed by atoms with Crippen LogP contribution in [-0.2, 0) is 16.6 Å². The molecule has 0 heterocycles. The predicted molar refractivity (Wildman–Crippen MR) is 126 cm³/mol. The molecule has 0 bridgehead atoms. The number of benzene rings is 3. The van der Waals surface area contributed by atoms with E-state index in [2.05, 4.69) is 21.2 Å². The third-order valence-corrected chi connectivity index (χ3v) is 6.71. The Morgan fingerprint density at radius 2 is 1.63 bits per heavy atom. The van der Waals surface area contributed by atoms with E-state index in [9.17, 15) is 13.2 Å². The van der Waals surface area contributed by atoms with E-state index in [1.807, 2.05) is 12.1 Å². The molecule has 1 N–H and O–H groups in total. The van der Waals surface area contributed by atoms with Gasteiger partial charge in [-0.1, -0.05) is 57.3 Å². The summed E-state index contributed by atoms with van der Waals surface area (Å²) in [7, 11) is -3.62. The number of carbonyl (C=O) groups is 1. The van der Waals surface area contributed by atoms with Crippen molar-refractivity contribution in [2.45, 2.75) is 6.54 Å². The van der Waals surface area contributed by atoms with E-state index >= 15 is 0 Å². The Morgan fingerprint density at radius 1 is 1.00 bits per heavy atom. The number of halogens is 3. The maximum absolute atomic E-state index is 12.4. The first kappa shape index (κ1) is 22.6. The average Bonchev–Trinajstić information content (AvgIpc) is 2.70. The fourth-order valence-electron chi connectivity index (χ4n) is 2.73. The SMILES string of the molecule is CS(=O)(=O)N(Cc1ccc(C(=O)Nc2ccc(Br)cc2)cc1)c1cccc(Cl)c1Cl. The molecule has 3 rings (SSSR count). The Hall–Kier alpha value is -2.06. The first-order valence-electron chi connectivity index (χ1n) is 8.73. The Kier molecular flexibility index (Phi) is 7.08. The van der Waals surface area contributed by atoms with Gasteiger partial charge in [-0.25, -0.2) is 8.42 Å². The van der Waals surface area contributed by atoms with Gasteiger partial charge in [0.1, 0.15) is 0 Å². The molecule has 30 heavy (non-hydrogen) atoms. The first-order chi connectivity index (χ1) is 14.1. The lowest BCUT2D eigenvalue weighted by molar-refractivity contribution is 0.102. The highest BCUT2D eigenvalue weighted by Gasteiger charge is 2.21. The molecule has 0 aliphatic carbocycles. The first-order valence-corrected chi connectivity index (χ1v) is 12.1. The van der Waals surface area contributed by atoms with Crippen LogP contribution in [-0.4, -0.2) is 20.6 Å². The minimum absolute atomic E-state index is 0.0491. The quantitative estimate of drug-likeness (QED) is 0.429. The predicted octanol–water partition coefficient (Wildman–Crippen LogP) is 5.97. The molecule has 9 heteroatoms. The number of carbonyl (C=O) groups excluding carboxylic acids is 1. The number of rotatable bonds is 6. The molecular weight excluding hydrogens is 511 g/mol. The molecule has 156 valence electrons. The van der Waals surface area contributed by atoms with Crippen LogP contribution in [0.3, 0.4) is 0 Å². The van der Waals surface area contributed by atoms with E-state index in [1.54, 1.807) is 54.6 Å². The van der Waals surface area contributed by atoms with Gasteiger partial charge in [-0.15, -0.1) is 0 Å². The summed E-state index contributed by atoms with van der Waals surface area (Å²) in [5.41, 5.74) is 2.11. The molecule has 0 radical (unpaired) electrons. The minimum Gasteiger partial charge on any atom is -0.322 e. The van der Waals surface area contributed by atoms with E-state index in [0.29, 0.717) is 22.5 Å². The molecule has 0 atom stereocenters. The lowest BCUT2D eigenvalue weighted by Gasteiger charge is -2.24. The summed E-state index contributed by atoms with van der Waals surface area (Å²) in [4.78, 5) is 12.4. The van der Waals surface area contributed by atoms with Crippen LogP contribution in [0.2, 0.25) is 10.0 Å². The van der Waals surface area contributed by atoms with Crippen LogP contribution >= 0.6 is 39.1 Å². The van der Waals surface area contributed by atoms with Crippen LogP contribution in [0, 0.1) is 0 Å². The fourth-order valence-corrected chi connectivity index (χ4v) is 4.33. The van der Waals surface area contributed by atoms with Crippen molar-refractivity contribution >= 4 is 66.4 Å². The van der Waals surface area contributed by atoms with Crippen molar-refractivity contribution in [3.8, 4) is 0 Å². The van der Waals surface area contributed by atoms with E-state index in [-0.39, 0.29) is 22.5 Å². The van der Waals surface area contributed by atoms with Crippen LogP contribution in [0.5, 0.6) is 0 Å². The number of nitrogens with one attached hydrogen (secondary N) is 1. The van der Waals surface area contributed by atoms with E-state index in [4.69, 9.17) is 23.2 Å². The number of nitrogens with zero attached hydrogens (tertiary/aromatic N) is 1. The topological polar surface area (TPSA) is 66.5 Å². The highest BCUT2D eigenvalue weighted by Crippen LogP contribution is 2.34. The molecule has 0 spiro atoms. The number of hydrogen-bond donors (Lipinski definition) is 1. The Morgan fingerprint density at radius 3 is 2.23 bits per heavy atom. The van der Waals surface area contributed by atoms with Crippen LogP contribution < -0.4 is 9.62 Å². The van der Waals surface area contributed by atoms with Gasteiger partial charge in [-0.2, -0.15) is 0 Å². The van der Waals surface area contributed by atoms with E-state index in [1.165, 1.54) is 4.31 Å². The second kappa shape index (κ2) is 9.39. The zero-order chi connectivity index (χ0) is 21.9. The zero-order valence-corrected chi connectivity index (χ0v) is 19.7. The molecule has 0 aliphatic rings. The summed E-state index contributed by atoms with van der Waals surface area (Å²) in [5.74, 6) is -0.262. The van der Waals surface area contributed by atoms with Crippen LogP contribution in [0.4, 0.5) is 11.4 Å². The number of anilines is 2. The van der Waals surface area contributed by atoms with E-state index in [0.717, 1.165) is 10.7 Å². The van der Waals surface area contributed by atoms with Gasteiger partial charge >= 0.3 is 0 Å². The summed E-state index contributed by atoms with van der Waals surface area (Å²) in [5, 5.41) is 3.24. The Balaban J connectivity index is 1.79. The van der Waals surface area contributed by atoms with Crippen LogP contribution in [0.15, 0.2) is 71.2 Å². The zero-order valence-electron chi connectivity index (χ0n) is 15.8. The standard InChI is InChI=1S/C21H17BrCl2N2O3S/c1-30(28,29)26(19-4-2-3-18(23)20(19)24)13-14-5-7-15(8-6-14)21(27)25-17-11-9-16(22)10-12-17/h2-12H,13H2,1H3,(H,25,27). The van der Waals surface area contributed by atoms with Crippen molar-refractivity contribution in [2.75, 3.05) is 15.9 Å². The van der Waals surface area contributed by atoms with Crippen molar-refractivity contribution < 1.29 is 13.2 Å². The van der Waals surface area contributed by atoms with Crippen LogP contribution in [0.1, 0.15) is 15.9 Å². The van der Waals surface area contributed by atoms with Gasteiger partial charge in [0.15, 0.2) is 0 Å². The normalized spacial score (nSPS) is 11.2. The maximum atomic E-state index is 12.4. The van der Waals surface area contributed by atoms with Crippen molar-refractivity contribution in [3.63, 3.8) is 0 Å². The molecule has 0 unspecified atom stereocenters. The summed E-state index contributed by atoms with van der Waals surface area (Å²) in [6.45, 7) is 0.0491. The summed E-state index contributed by atoms with van der Waals surface area (Å²) in [6, 6.07) is 18.7. The highest BCUT2D eigenvalue weighted by molar-refractivity contribution is 9.10. The third kappa shape index (κ3) is 5.55. The van der Waals surface area contributed by atoms with Crippen molar-refractivity contribution in [1.82, 2.24) is 0 Å². The van der Waals surface area contributed by atoms with Gasteiger partial charge in [-0.05, 0) is 54.1 Å². The fraction of sp³-hybridized carbons (Fsp3) is 0.0952.